The van der Waals surface area contributed by atoms with E-state index in [9.17, 15) is 0 Å². The molecule has 18 heavy (non-hydrogen) atoms. The van der Waals surface area contributed by atoms with Crippen LogP contribution in [-0.4, -0.2) is 23.1 Å². The molecule has 4 heteroatoms. The van der Waals surface area contributed by atoms with E-state index >= 15 is 0 Å². The van der Waals surface area contributed by atoms with Gasteiger partial charge in [-0.3, -0.25) is 0 Å². The molecule has 2 aromatic rings. The highest BCUT2D eigenvalue weighted by Crippen LogP contribution is 2.32. The molecule has 3 rings (SSSR count). The molecule has 0 aliphatic carbocycles. The molecule has 0 saturated carbocycles. The molecule has 96 valence electrons. The first kappa shape index (κ1) is 11.9. The summed E-state index contributed by atoms with van der Waals surface area (Å²) in [5.74, 6) is 2.80. The third kappa shape index (κ3) is 2.09. The van der Waals surface area contributed by atoms with Gasteiger partial charge >= 0.3 is 0 Å². The number of fused-ring (bicyclic) bond motifs is 1. The number of piperidine rings is 1. The lowest BCUT2D eigenvalue weighted by molar-refractivity contribution is 0.445. The van der Waals surface area contributed by atoms with E-state index in [1.54, 1.807) is 11.3 Å². The topological polar surface area (TPSA) is 29.0 Å². The van der Waals surface area contributed by atoms with Crippen molar-refractivity contribution < 1.29 is 0 Å². The van der Waals surface area contributed by atoms with E-state index in [-0.39, 0.29) is 0 Å². The summed E-state index contributed by atoms with van der Waals surface area (Å²) in [5, 5.41) is 1.23. The average molecular weight is 261 g/mol. The molecule has 2 aromatic heterocycles. The van der Waals surface area contributed by atoms with Crippen LogP contribution in [0.4, 0.5) is 5.82 Å². The van der Waals surface area contributed by atoms with Crippen molar-refractivity contribution >= 4 is 27.4 Å². The monoisotopic (exact) mass is 261 g/mol. The van der Waals surface area contributed by atoms with Gasteiger partial charge in [0.25, 0.3) is 0 Å². The molecule has 1 fully saturated rings. The number of aryl methyl sites for hydroxylation is 2. The third-order valence-electron chi connectivity index (χ3n) is 3.56. The van der Waals surface area contributed by atoms with E-state index in [0.717, 1.165) is 35.5 Å². The molecule has 1 aliphatic rings. The minimum absolute atomic E-state index is 0.767. The van der Waals surface area contributed by atoms with Gasteiger partial charge in [0.2, 0.25) is 0 Å². The van der Waals surface area contributed by atoms with Crippen molar-refractivity contribution in [2.75, 3.05) is 18.0 Å². The number of rotatable bonds is 1. The Kier molecular flexibility index (Phi) is 2.98. The molecule has 0 bridgehead atoms. The molecule has 0 N–H and O–H groups in total. The smallest absolute Gasteiger partial charge is 0.141 e. The fourth-order valence-electron chi connectivity index (χ4n) is 2.75. The maximum Gasteiger partial charge on any atom is 0.141 e. The number of aromatic nitrogens is 2. The predicted octanol–water partition coefficient (Wildman–Crippen LogP) is 3.54. The zero-order chi connectivity index (χ0) is 12.7. The minimum Gasteiger partial charge on any atom is -0.356 e. The highest BCUT2D eigenvalue weighted by molar-refractivity contribution is 7.18. The summed E-state index contributed by atoms with van der Waals surface area (Å²) >= 11 is 1.77. The van der Waals surface area contributed by atoms with E-state index in [1.807, 2.05) is 6.92 Å². The lowest BCUT2D eigenvalue weighted by Crippen LogP contribution is -2.35. The summed E-state index contributed by atoms with van der Waals surface area (Å²) in [6.45, 7) is 8.72. The second kappa shape index (κ2) is 4.50. The van der Waals surface area contributed by atoms with Crippen LogP contribution in [0.5, 0.6) is 0 Å². The van der Waals surface area contributed by atoms with E-state index in [2.05, 4.69) is 29.8 Å². The maximum absolute atomic E-state index is 4.69. The standard InChI is InChI=1S/C14H19N3S/c1-9-5-4-6-17(8-9)13-12-7-10(2)18-14(12)16-11(3)15-13/h7,9H,4-6,8H2,1-3H3. The first-order chi connectivity index (χ1) is 8.63. The highest BCUT2D eigenvalue weighted by atomic mass is 32.1. The second-order valence-electron chi connectivity index (χ2n) is 5.36. The fourth-order valence-corrected chi connectivity index (χ4v) is 3.67. The third-order valence-corrected chi connectivity index (χ3v) is 4.51. The molecular formula is C14H19N3S. The number of nitrogens with zero attached hydrogens (tertiary/aromatic N) is 3. The van der Waals surface area contributed by atoms with Gasteiger partial charge < -0.3 is 4.90 Å². The summed E-state index contributed by atoms with van der Waals surface area (Å²) in [6, 6.07) is 2.23. The van der Waals surface area contributed by atoms with Gasteiger partial charge in [0.15, 0.2) is 0 Å². The predicted molar refractivity (Wildman–Crippen MR) is 77.5 cm³/mol. The summed E-state index contributed by atoms with van der Waals surface area (Å²) in [6.07, 6.45) is 2.61. The van der Waals surface area contributed by atoms with Crippen LogP contribution < -0.4 is 4.90 Å². The van der Waals surface area contributed by atoms with Crippen LogP contribution >= 0.6 is 11.3 Å². The fraction of sp³-hybridized carbons (Fsp3) is 0.571. The zero-order valence-electron chi connectivity index (χ0n) is 11.2. The molecule has 0 amide bonds. The lowest BCUT2D eigenvalue weighted by atomic mass is 10.0. The van der Waals surface area contributed by atoms with Crippen LogP contribution in [0.3, 0.4) is 0 Å². The van der Waals surface area contributed by atoms with E-state index in [0.29, 0.717) is 0 Å². The van der Waals surface area contributed by atoms with E-state index in [1.165, 1.54) is 23.1 Å². The average Bonchev–Trinajstić information content (AvgIpc) is 2.68. The first-order valence-electron chi connectivity index (χ1n) is 6.63. The molecule has 3 nitrogen and oxygen atoms in total. The molecule has 1 atom stereocenters. The largest absolute Gasteiger partial charge is 0.356 e. The quantitative estimate of drug-likeness (QED) is 0.786. The zero-order valence-corrected chi connectivity index (χ0v) is 12.0. The van der Waals surface area contributed by atoms with Crippen LogP contribution in [0.2, 0.25) is 0 Å². The molecule has 1 unspecified atom stereocenters. The van der Waals surface area contributed by atoms with Crippen molar-refractivity contribution in [3.05, 3.63) is 16.8 Å². The Labute approximate surface area is 112 Å². The van der Waals surface area contributed by atoms with Gasteiger partial charge in [-0.15, -0.1) is 11.3 Å². The van der Waals surface area contributed by atoms with Crippen LogP contribution in [0.15, 0.2) is 6.07 Å². The van der Waals surface area contributed by atoms with E-state index < -0.39 is 0 Å². The molecule has 0 aromatic carbocycles. The number of hydrogen-bond acceptors (Lipinski definition) is 4. The first-order valence-corrected chi connectivity index (χ1v) is 7.45. The summed E-state index contributed by atoms with van der Waals surface area (Å²) in [4.78, 5) is 14.1. The van der Waals surface area contributed by atoms with Crippen LogP contribution in [0.1, 0.15) is 30.5 Å². The van der Waals surface area contributed by atoms with Crippen LogP contribution in [0.25, 0.3) is 10.2 Å². The SMILES string of the molecule is Cc1nc(N2CCCC(C)C2)c2cc(C)sc2n1. The van der Waals surface area contributed by atoms with Crippen molar-refractivity contribution in [1.29, 1.82) is 0 Å². The van der Waals surface area contributed by atoms with Crippen molar-refractivity contribution in [3.8, 4) is 0 Å². The molecule has 3 heterocycles. The van der Waals surface area contributed by atoms with Gasteiger partial charge in [-0.2, -0.15) is 0 Å². The Morgan fingerprint density at radius 1 is 1.33 bits per heavy atom. The Bertz CT molecular complexity index is 576. The lowest BCUT2D eigenvalue weighted by Gasteiger charge is -2.32. The molecule has 0 radical (unpaired) electrons. The number of hydrogen-bond donors (Lipinski definition) is 0. The molecule has 1 aliphatic heterocycles. The normalized spacial score (nSPS) is 20.6. The second-order valence-corrected chi connectivity index (χ2v) is 6.60. The molecule has 1 saturated heterocycles. The summed E-state index contributed by atoms with van der Waals surface area (Å²) < 4.78 is 0. The number of thiophene rings is 1. The van der Waals surface area contributed by atoms with Crippen molar-refractivity contribution in [1.82, 2.24) is 9.97 Å². The van der Waals surface area contributed by atoms with Gasteiger partial charge in [-0.25, -0.2) is 9.97 Å². The van der Waals surface area contributed by atoms with Gasteiger partial charge in [0.1, 0.15) is 16.5 Å². The Morgan fingerprint density at radius 3 is 2.94 bits per heavy atom. The summed E-state index contributed by atoms with van der Waals surface area (Å²) in [5.41, 5.74) is 0. The van der Waals surface area contributed by atoms with Gasteiger partial charge in [0.05, 0.1) is 5.39 Å². The van der Waals surface area contributed by atoms with Crippen molar-refractivity contribution in [3.63, 3.8) is 0 Å². The number of anilines is 1. The van der Waals surface area contributed by atoms with Gasteiger partial charge in [-0.05, 0) is 38.7 Å². The van der Waals surface area contributed by atoms with Crippen LogP contribution in [-0.2, 0) is 0 Å². The molecule has 0 spiro atoms. The van der Waals surface area contributed by atoms with Crippen molar-refractivity contribution in [2.45, 2.75) is 33.6 Å². The minimum atomic E-state index is 0.767. The molecular weight excluding hydrogens is 242 g/mol. The van der Waals surface area contributed by atoms with Gasteiger partial charge in [0, 0.05) is 18.0 Å². The van der Waals surface area contributed by atoms with Gasteiger partial charge in [-0.1, -0.05) is 6.92 Å². The summed E-state index contributed by atoms with van der Waals surface area (Å²) in [7, 11) is 0. The highest BCUT2D eigenvalue weighted by Gasteiger charge is 2.20. The van der Waals surface area contributed by atoms with Crippen LogP contribution in [0, 0.1) is 19.8 Å². The Hall–Kier alpha value is -1.16. The Balaban J connectivity index is 2.09. The maximum atomic E-state index is 4.69. The van der Waals surface area contributed by atoms with E-state index in [4.69, 9.17) is 4.98 Å². The van der Waals surface area contributed by atoms with Crippen molar-refractivity contribution in [2.24, 2.45) is 5.92 Å². The Morgan fingerprint density at radius 2 is 2.17 bits per heavy atom.